The van der Waals surface area contributed by atoms with Crippen molar-refractivity contribution in [2.45, 2.75) is 26.3 Å². The molecule has 1 aromatic carbocycles. The SMILES string of the molecule is Cc1ccc(Cl)cc1NC(=O)CNC(C)(C)C(=O)O. The summed E-state index contributed by atoms with van der Waals surface area (Å²) in [6.45, 7) is 4.74. The fourth-order valence-corrected chi connectivity index (χ4v) is 1.47. The first-order valence-corrected chi connectivity index (χ1v) is 6.14. The molecule has 0 aliphatic carbocycles. The highest BCUT2D eigenvalue weighted by Gasteiger charge is 2.26. The lowest BCUT2D eigenvalue weighted by Gasteiger charge is -2.20. The molecule has 0 saturated carbocycles. The van der Waals surface area contributed by atoms with E-state index in [4.69, 9.17) is 16.7 Å². The van der Waals surface area contributed by atoms with Gasteiger partial charge in [-0.3, -0.25) is 14.9 Å². The number of rotatable bonds is 5. The second-order valence-electron chi connectivity index (χ2n) is 4.79. The van der Waals surface area contributed by atoms with E-state index in [1.807, 2.05) is 6.92 Å². The fraction of sp³-hybridized carbons (Fsp3) is 0.385. The maximum Gasteiger partial charge on any atom is 0.323 e. The molecule has 0 heterocycles. The monoisotopic (exact) mass is 284 g/mol. The van der Waals surface area contributed by atoms with Gasteiger partial charge in [0.15, 0.2) is 0 Å². The molecule has 0 radical (unpaired) electrons. The molecule has 1 rings (SSSR count). The van der Waals surface area contributed by atoms with Crippen LogP contribution in [0.25, 0.3) is 0 Å². The minimum atomic E-state index is -1.15. The number of carboxylic acid groups (broad SMARTS) is 1. The van der Waals surface area contributed by atoms with Gasteiger partial charge in [-0.1, -0.05) is 17.7 Å². The predicted molar refractivity (Wildman–Crippen MR) is 74.5 cm³/mol. The first-order chi connectivity index (χ1) is 8.72. The number of hydrogen-bond donors (Lipinski definition) is 3. The van der Waals surface area contributed by atoms with Gasteiger partial charge in [0.25, 0.3) is 0 Å². The number of anilines is 1. The van der Waals surface area contributed by atoms with Crippen LogP contribution < -0.4 is 10.6 Å². The molecule has 0 aliphatic heterocycles. The third kappa shape index (κ3) is 4.54. The lowest BCUT2D eigenvalue weighted by atomic mass is 10.1. The maximum absolute atomic E-state index is 11.7. The maximum atomic E-state index is 11.7. The smallest absolute Gasteiger partial charge is 0.323 e. The molecule has 1 amide bonds. The lowest BCUT2D eigenvalue weighted by molar-refractivity contribution is -0.143. The fourth-order valence-electron chi connectivity index (χ4n) is 1.30. The topological polar surface area (TPSA) is 78.4 Å². The van der Waals surface area contributed by atoms with Crippen LogP contribution in [-0.2, 0) is 9.59 Å². The van der Waals surface area contributed by atoms with Crippen molar-refractivity contribution in [3.05, 3.63) is 28.8 Å². The Labute approximate surface area is 117 Å². The number of halogens is 1. The summed E-state index contributed by atoms with van der Waals surface area (Å²) in [5.74, 6) is -1.33. The summed E-state index contributed by atoms with van der Waals surface area (Å²) in [4.78, 5) is 22.6. The van der Waals surface area contributed by atoms with Gasteiger partial charge in [0, 0.05) is 10.7 Å². The van der Waals surface area contributed by atoms with Crippen molar-refractivity contribution < 1.29 is 14.7 Å². The van der Waals surface area contributed by atoms with Gasteiger partial charge in [0.05, 0.1) is 6.54 Å². The largest absolute Gasteiger partial charge is 0.480 e. The summed E-state index contributed by atoms with van der Waals surface area (Å²) in [5.41, 5.74) is 0.350. The Hall–Kier alpha value is -1.59. The molecule has 0 spiro atoms. The second kappa shape index (κ2) is 6.04. The van der Waals surface area contributed by atoms with Crippen LogP contribution in [0.1, 0.15) is 19.4 Å². The summed E-state index contributed by atoms with van der Waals surface area (Å²) in [7, 11) is 0. The van der Waals surface area contributed by atoms with Crippen LogP contribution >= 0.6 is 11.6 Å². The summed E-state index contributed by atoms with van der Waals surface area (Å²) < 4.78 is 0. The van der Waals surface area contributed by atoms with Crippen molar-refractivity contribution in [3.63, 3.8) is 0 Å². The summed E-state index contributed by atoms with van der Waals surface area (Å²) >= 11 is 5.85. The van der Waals surface area contributed by atoms with Gasteiger partial charge >= 0.3 is 5.97 Å². The van der Waals surface area contributed by atoms with Gasteiger partial charge in [0.2, 0.25) is 5.91 Å². The van der Waals surface area contributed by atoms with E-state index in [9.17, 15) is 9.59 Å². The van der Waals surface area contributed by atoms with Crippen molar-refractivity contribution in [1.82, 2.24) is 5.32 Å². The molecular formula is C13H17ClN2O3. The first kappa shape index (κ1) is 15.5. The highest BCUT2D eigenvalue weighted by Crippen LogP contribution is 2.19. The van der Waals surface area contributed by atoms with E-state index >= 15 is 0 Å². The first-order valence-electron chi connectivity index (χ1n) is 5.77. The van der Waals surface area contributed by atoms with Crippen LogP contribution in [0.4, 0.5) is 5.69 Å². The zero-order valence-corrected chi connectivity index (χ0v) is 11.8. The number of aliphatic carboxylic acids is 1. The Morgan fingerprint density at radius 2 is 2.00 bits per heavy atom. The third-order valence-electron chi connectivity index (χ3n) is 2.70. The Kier molecular flexibility index (Phi) is 4.91. The molecule has 5 nitrogen and oxygen atoms in total. The lowest BCUT2D eigenvalue weighted by Crippen LogP contribution is -2.49. The Balaban J connectivity index is 2.61. The normalized spacial score (nSPS) is 11.2. The number of hydrogen-bond acceptors (Lipinski definition) is 3. The van der Waals surface area contributed by atoms with E-state index in [1.165, 1.54) is 13.8 Å². The number of amides is 1. The molecule has 19 heavy (non-hydrogen) atoms. The van der Waals surface area contributed by atoms with Gasteiger partial charge in [-0.25, -0.2) is 0 Å². The number of aryl methyl sites for hydroxylation is 1. The number of carbonyl (C=O) groups is 2. The molecule has 0 bridgehead atoms. The van der Waals surface area contributed by atoms with Crippen molar-refractivity contribution in [1.29, 1.82) is 0 Å². The van der Waals surface area contributed by atoms with Crippen LogP contribution in [0.5, 0.6) is 0 Å². The van der Waals surface area contributed by atoms with Gasteiger partial charge in [-0.2, -0.15) is 0 Å². The van der Waals surface area contributed by atoms with E-state index < -0.39 is 11.5 Å². The summed E-state index contributed by atoms with van der Waals surface area (Å²) in [5, 5.41) is 14.8. The van der Waals surface area contributed by atoms with Crippen molar-refractivity contribution in [3.8, 4) is 0 Å². The molecular weight excluding hydrogens is 268 g/mol. The zero-order valence-electron chi connectivity index (χ0n) is 11.1. The van der Waals surface area contributed by atoms with Crippen LogP contribution in [0, 0.1) is 6.92 Å². The molecule has 0 saturated heterocycles. The average molecular weight is 285 g/mol. The van der Waals surface area contributed by atoms with Crippen LogP contribution in [0.15, 0.2) is 18.2 Å². The van der Waals surface area contributed by atoms with Crippen molar-refractivity contribution in [2.24, 2.45) is 0 Å². The second-order valence-corrected chi connectivity index (χ2v) is 5.23. The van der Waals surface area contributed by atoms with Gasteiger partial charge in [-0.15, -0.1) is 0 Å². The van der Waals surface area contributed by atoms with E-state index in [-0.39, 0.29) is 12.5 Å². The van der Waals surface area contributed by atoms with Gasteiger partial charge in [0.1, 0.15) is 5.54 Å². The molecule has 104 valence electrons. The minimum absolute atomic E-state index is 0.0920. The van der Waals surface area contributed by atoms with Gasteiger partial charge < -0.3 is 10.4 Å². The van der Waals surface area contributed by atoms with E-state index in [0.717, 1.165) is 5.56 Å². The summed E-state index contributed by atoms with van der Waals surface area (Å²) in [6, 6.07) is 5.18. The van der Waals surface area contributed by atoms with E-state index in [0.29, 0.717) is 10.7 Å². The van der Waals surface area contributed by atoms with Crippen molar-refractivity contribution in [2.75, 3.05) is 11.9 Å². The Morgan fingerprint density at radius 1 is 1.37 bits per heavy atom. The molecule has 0 unspecified atom stereocenters. The van der Waals surface area contributed by atoms with Crippen LogP contribution in [0.2, 0.25) is 5.02 Å². The Bertz CT molecular complexity index is 501. The van der Waals surface area contributed by atoms with Crippen molar-refractivity contribution >= 4 is 29.2 Å². The molecule has 3 N–H and O–H groups in total. The van der Waals surface area contributed by atoms with Gasteiger partial charge in [-0.05, 0) is 38.5 Å². The number of carboxylic acids is 1. The molecule has 0 fully saturated rings. The highest BCUT2D eigenvalue weighted by atomic mass is 35.5. The molecule has 0 atom stereocenters. The third-order valence-corrected chi connectivity index (χ3v) is 2.93. The average Bonchev–Trinajstić information content (AvgIpc) is 2.31. The van der Waals surface area contributed by atoms with E-state index in [1.54, 1.807) is 18.2 Å². The zero-order chi connectivity index (χ0) is 14.6. The minimum Gasteiger partial charge on any atom is -0.480 e. The number of carbonyl (C=O) groups excluding carboxylic acids is 1. The standard InChI is InChI=1S/C13H17ClN2O3/c1-8-4-5-9(14)6-10(8)16-11(17)7-15-13(2,3)12(18)19/h4-6,15H,7H2,1-3H3,(H,16,17)(H,18,19). The molecule has 1 aromatic rings. The molecule has 6 heteroatoms. The van der Waals surface area contributed by atoms with Crippen LogP contribution in [-0.4, -0.2) is 29.1 Å². The summed E-state index contributed by atoms with van der Waals surface area (Å²) in [6.07, 6.45) is 0. The predicted octanol–water partition coefficient (Wildman–Crippen LogP) is 2.04. The quantitative estimate of drug-likeness (QED) is 0.773. The van der Waals surface area contributed by atoms with E-state index in [2.05, 4.69) is 10.6 Å². The molecule has 0 aromatic heterocycles. The molecule has 0 aliphatic rings. The number of benzene rings is 1. The highest BCUT2D eigenvalue weighted by molar-refractivity contribution is 6.31. The number of nitrogens with one attached hydrogen (secondary N) is 2. The van der Waals surface area contributed by atoms with Crippen LogP contribution in [0.3, 0.4) is 0 Å². The Morgan fingerprint density at radius 3 is 2.58 bits per heavy atom.